The Hall–Kier alpha value is -0.380. The highest BCUT2D eigenvalue weighted by Gasteiger charge is 2.02. The maximum Gasteiger partial charge on any atom is 0.315 e. The van der Waals surface area contributed by atoms with Gasteiger partial charge in [0, 0.05) is 10.8 Å². The van der Waals surface area contributed by atoms with Crippen molar-refractivity contribution in [1.82, 2.24) is 0 Å². The van der Waals surface area contributed by atoms with Crippen LogP contribution in [0.4, 0.5) is 0 Å². The summed E-state index contributed by atoms with van der Waals surface area (Å²) in [5.41, 5.74) is 1.14. The maximum atomic E-state index is 11.1. The lowest BCUT2D eigenvalue weighted by Crippen LogP contribution is -2.09. The average Bonchev–Trinajstić information content (AvgIpc) is 2.29. The molecule has 0 spiro atoms. The first-order chi connectivity index (χ1) is 7.72. The number of hydrogen-bond acceptors (Lipinski definition) is 3. The molecule has 0 aliphatic rings. The number of benzene rings is 1. The predicted octanol–water partition coefficient (Wildman–Crippen LogP) is 3.36. The standard InChI is InChI=1S/C11H12Cl2O2S/c12-5-6-15-11(14)8-16-7-9-1-3-10(13)4-2-9/h1-4H,5-8H2. The van der Waals surface area contributed by atoms with Gasteiger partial charge in [0.05, 0.1) is 11.6 Å². The summed E-state index contributed by atoms with van der Waals surface area (Å²) in [5, 5.41) is 0.718. The van der Waals surface area contributed by atoms with Gasteiger partial charge in [-0.2, -0.15) is 0 Å². The number of esters is 1. The second-order valence-electron chi connectivity index (χ2n) is 3.03. The Kier molecular flexibility index (Phi) is 6.69. The topological polar surface area (TPSA) is 26.3 Å². The van der Waals surface area contributed by atoms with E-state index in [1.54, 1.807) is 0 Å². The van der Waals surface area contributed by atoms with E-state index in [0.29, 0.717) is 11.6 Å². The lowest BCUT2D eigenvalue weighted by Gasteiger charge is -2.03. The number of ether oxygens (including phenoxy) is 1. The zero-order valence-electron chi connectivity index (χ0n) is 8.62. The van der Waals surface area contributed by atoms with Gasteiger partial charge in [-0.15, -0.1) is 23.4 Å². The first kappa shape index (κ1) is 13.7. The average molecular weight is 279 g/mol. The molecule has 0 amide bonds. The Labute approximate surface area is 109 Å². The van der Waals surface area contributed by atoms with E-state index in [-0.39, 0.29) is 12.6 Å². The van der Waals surface area contributed by atoms with Crippen LogP contribution in [0, 0.1) is 0 Å². The number of carbonyl (C=O) groups excluding carboxylic acids is 1. The van der Waals surface area contributed by atoms with Crippen molar-refractivity contribution in [2.24, 2.45) is 0 Å². The number of alkyl halides is 1. The summed E-state index contributed by atoms with van der Waals surface area (Å²) in [6.45, 7) is 0.280. The number of halogens is 2. The highest BCUT2D eigenvalue weighted by atomic mass is 35.5. The van der Waals surface area contributed by atoms with E-state index in [2.05, 4.69) is 0 Å². The van der Waals surface area contributed by atoms with Gasteiger partial charge >= 0.3 is 5.97 Å². The van der Waals surface area contributed by atoms with Gasteiger partial charge in [0.25, 0.3) is 0 Å². The van der Waals surface area contributed by atoms with E-state index < -0.39 is 0 Å². The second kappa shape index (κ2) is 7.82. The molecule has 0 saturated heterocycles. The fourth-order valence-electron chi connectivity index (χ4n) is 1.03. The maximum absolute atomic E-state index is 11.1. The lowest BCUT2D eigenvalue weighted by molar-refractivity contribution is -0.139. The summed E-state index contributed by atoms with van der Waals surface area (Å²) in [6, 6.07) is 7.56. The van der Waals surface area contributed by atoms with Crippen LogP contribution >= 0.6 is 35.0 Å². The van der Waals surface area contributed by atoms with Gasteiger partial charge in [-0.05, 0) is 17.7 Å². The molecule has 0 aliphatic carbocycles. The molecule has 0 aromatic heterocycles. The Morgan fingerprint density at radius 2 is 2.00 bits per heavy atom. The quantitative estimate of drug-likeness (QED) is 0.590. The van der Waals surface area contributed by atoms with E-state index in [1.807, 2.05) is 24.3 Å². The van der Waals surface area contributed by atoms with Crippen molar-refractivity contribution in [2.75, 3.05) is 18.2 Å². The van der Waals surface area contributed by atoms with Crippen molar-refractivity contribution in [1.29, 1.82) is 0 Å². The molecule has 1 rings (SSSR count). The predicted molar refractivity (Wildman–Crippen MR) is 69.3 cm³/mol. The van der Waals surface area contributed by atoms with E-state index in [4.69, 9.17) is 27.9 Å². The highest BCUT2D eigenvalue weighted by molar-refractivity contribution is 7.99. The van der Waals surface area contributed by atoms with Gasteiger partial charge in [-0.3, -0.25) is 4.79 Å². The van der Waals surface area contributed by atoms with Crippen LogP contribution in [0.2, 0.25) is 5.02 Å². The highest BCUT2D eigenvalue weighted by Crippen LogP contribution is 2.15. The molecule has 0 fully saturated rings. The summed E-state index contributed by atoms with van der Waals surface area (Å²) in [7, 11) is 0. The van der Waals surface area contributed by atoms with Crippen molar-refractivity contribution in [3.63, 3.8) is 0 Å². The molecule has 0 bridgehead atoms. The molecular weight excluding hydrogens is 267 g/mol. The van der Waals surface area contributed by atoms with Gasteiger partial charge < -0.3 is 4.74 Å². The van der Waals surface area contributed by atoms with Crippen LogP contribution in [-0.2, 0) is 15.3 Å². The van der Waals surface area contributed by atoms with Gasteiger partial charge in [-0.25, -0.2) is 0 Å². The minimum Gasteiger partial charge on any atom is -0.464 e. The number of thioether (sulfide) groups is 1. The minimum absolute atomic E-state index is 0.223. The third-order valence-electron chi connectivity index (χ3n) is 1.74. The van der Waals surface area contributed by atoms with Gasteiger partial charge in [0.1, 0.15) is 6.61 Å². The molecule has 0 heterocycles. The number of hydrogen-bond donors (Lipinski definition) is 0. The molecule has 2 nitrogen and oxygen atoms in total. The van der Waals surface area contributed by atoms with E-state index in [1.165, 1.54) is 11.8 Å². The van der Waals surface area contributed by atoms with Crippen LogP contribution in [0.3, 0.4) is 0 Å². The lowest BCUT2D eigenvalue weighted by atomic mass is 10.2. The smallest absolute Gasteiger partial charge is 0.315 e. The largest absolute Gasteiger partial charge is 0.464 e. The summed E-state index contributed by atoms with van der Waals surface area (Å²) >= 11 is 12.7. The Bertz CT molecular complexity index is 327. The fourth-order valence-corrected chi connectivity index (χ4v) is 2.01. The van der Waals surface area contributed by atoms with Crippen LogP contribution in [0.5, 0.6) is 0 Å². The Morgan fingerprint density at radius 1 is 1.31 bits per heavy atom. The summed E-state index contributed by atoms with van der Waals surface area (Å²) in [4.78, 5) is 11.1. The second-order valence-corrected chi connectivity index (χ2v) is 4.83. The summed E-state index contributed by atoms with van der Waals surface area (Å²) in [6.07, 6.45) is 0. The first-order valence-corrected chi connectivity index (χ1v) is 6.83. The van der Waals surface area contributed by atoms with Crippen molar-refractivity contribution in [3.05, 3.63) is 34.9 Å². The van der Waals surface area contributed by atoms with Crippen LogP contribution in [-0.4, -0.2) is 24.2 Å². The molecule has 0 aliphatic heterocycles. The number of rotatable bonds is 6. The molecule has 16 heavy (non-hydrogen) atoms. The van der Waals surface area contributed by atoms with Crippen molar-refractivity contribution in [3.8, 4) is 0 Å². The molecule has 0 unspecified atom stereocenters. The van der Waals surface area contributed by atoms with E-state index in [9.17, 15) is 4.79 Å². The molecule has 1 aromatic carbocycles. The fraction of sp³-hybridized carbons (Fsp3) is 0.364. The van der Waals surface area contributed by atoms with Gasteiger partial charge in [-0.1, -0.05) is 23.7 Å². The number of carbonyl (C=O) groups is 1. The third kappa shape index (κ3) is 5.64. The van der Waals surface area contributed by atoms with Crippen molar-refractivity contribution in [2.45, 2.75) is 5.75 Å². The molecule has 0 N–H and O–H groups in total. The third-order valence-corrected chi connectivity index (χ3v) is 3.13. The van der Waals surface area contributed by atoms with Crippen LogP contribution in [0.1, 0.15) is 5.56 Å². The van der Waals surface area contributed by atoms with Crippen molar-refractivity contribution >= 4 is 40.9 Å². The molecule has 1 aromatic rings. The molecule has 0 saturated carbocycles. The Morgan fingerprint density at radius 3 is 2.62 bits per heavy atom. The van der Waals surface area contributed by atoms with Gasteiger partial charge in [0.2, 0.25) is 0 Å². The molecule has 88 valence electrons. The monoisotopic (exact) mass is 278 g/mol. The SMILES string of the molecule is O=C(CSCc1ccc(Cl)cc1)OCCCl. The molecule has 0 radical (unpaired) electrons. The van der Waals surface area contributed by atoms with Crippen molar-refractivity contribution < 1.29 is 9.53 Å². The van der Waals surface area contributed by atoms with E-state index >= 15 is 0 Å². The summed E-state index contributed by atoms with van der Waals surface area (Å²) < 4.78 is 4.84. The molecular formula is C11H12Cl2O2S. The van der Waals surface area contributed by atoms with E-state index in [0.717, 1.165) is 16.3 Å². The zero-order chi connectivity index (χ0) is 11.8. The van der Waals surface area contributed by atoms with Crippen LogP contribution in [0.25, 0.3) is 0 Å². The summed E-state index contributed by atoms with van der Waals surface area (Å²) in [5.74, 6) is 1.24. The van der Waals surface area contributed by atoms with Crippen LogP contribution < -0.4 is 0 Å². The zero-order valence-corrected chi connectivity index (χ0v) is 10.9. The Balaban J connectivity index is 2.20. The molecule has 5 heteroatoms. The van der Waals surface area contributed by atoms with Crippen LogP contribution in [0.15, 0.2) is 24.3 Å². The van der Waals surface area contributed by atoms with Gasteiger partial charge in [0.15, 0.2) is 0 Å². The first-order valence-electron chi connectivity index (χ1n) is 4.76. The minimum atomic E-state index is -0.223. The molecule has 0 atom stereocenters. The normalized spacial score (nSPS) is 10.1.